The maximum atomic E-state index is 12.4. The highest BCUT2D eigenvalue weighted by Crippen LogP contribution is 2.23. The molecule has 0 unspecified atom stereocenters. The molecule has 2 aromatic carbocycles. The molecule has 0 atom stereocenters. The molecule has 3 aromatic heterocycles. The lowest BCUT2D eigenvalue weighted by molar-refractivity contribution is 0.102. The minimum atomic E-state index is -0.171. The van der Waals surface area contributed by atoms with E-state index in [-0.39, 0.29) is 5.91 Å². The molecule has 0 saturated carbocycles. The summed E-state index contributed by atoms with van der Waals surface area (Å²) in [6.45, 7) is 4.07. The maximum Gasteiger partial charge on any atom is 0.255 e. The van der Waals surface area contributed by atoms with Crippen molar-refractivity contribution in [3.8, 4) is 17.0 Å². The number of aromatic nitrogens is 4. The molecule has 1 aliphatic rings. The van der Waals surface area contributed by atoms with E-state index in [2.05, 4.69) is 27.3 Å². The van der Waals surface area contributed by atoms with Crippen LogP contribution in [-0.2, 0) is 6.42 Å². The van der Waals surface area contributed by atoms with Crippen molar-refractivity contribution in [1.82, 2.24) is 24.5 Å². The van der Waals surface area contributed by atoms with Gasteiger partial charge in [0.15, 0.2) is 11.5 Å². The zero-order chi connectivity index (χ0) is 26.4. The number of benzene rings is 2. The summed E-state index contributed by atoms with van der Waals surface area (Å²) in [5, 5.41) is 7.72. The minimum Gasteiger partial charge on any atom is -0.492 e. The Morgan fingerprint density at radius 3 is 2.44 bits per heavy atom. The second-order valence-corrected chi connectivity index (χ2v) is 9.69. The van der Waals surface area contributed by atoms with Crippen molar-refractivity contribution in [2.45, 2.75) is 19.3 Å². The van der Waals surface area contributed by atoms with Gasteiger partial charge in [0, 0.05) is 42.2 Å². The smallest absolute Gasteiger partial charge is 0.255 e. The van der Waals surface area contributed by atoms with E-state index in [0.29, 0.717) is 18.6 Å². The average Bonchev–Trinajstić information content (AvgIpc) is 3.64. The number of nitrogens with zero attached hydrogens (tertiary/aromatic N) is 5. The monoisotopic (exact) mass is 518 g/mol. The molecule has 0 aliphatic carbocycles. The van der Waals surface area contributed by atoms with Crippen LogP contribution in [0.4, 0.5) is 5.69 Å². The van der Waals surface area contributed by atoms with Gasteiger partial charge in [0.05, 0.1) is 5.69 Å². The Kier molecular flexibility index (Phi) is 7.27. The molecule has 8 heteroatoms. The SMILES string of the molecule is O=C(Nc1ccc(-c2cccc3nc(Cc4ccc(OCCN5CCCC5)cc4)nn23)cc1)c1ccncc1. The van der Waals surface area contributed by atoms with Crippen LogP contribution < -0.4 is 10.1 Å². The third-order valence-corrected chi connectivity index (χ3v) is 6.95. The van der Waals surface area contributed by atoms with Gasteiger partial charge in [0.25, 0.3) is 5.91 Å². The zero-order valence-corrected chi connectivity index (χ0v) is 21.7. The lowest BCUT2D eigenvalue weighted by atomic mass is 10.1. The van der Waals surface area contributed by atoms with Gasteiger partial charge >= 0.3 is 0 Å². The van der Waals surface area contributed by atoms with Gasteiger partial charge in [-0.3, -0.25) is 14.7 Å². The topological polar surface area (TPSA) is 84.6 Å². The van der Waals surface area contributed by atoms with Crippen LogP contribution >= 0.6 is 0 Å². The summed E-state index contributed by atoms with van der Waals surface area (Å²) < 4.78 is 7.81. The highest BCUT2D eigenvalue weighted by Gasteiger charge is 2.12. The van der Waals surface area contributed by atoms with Gasteiger partial charge in [0.2, 0.25) is 0 Å². The number of fused-ring (bicyclic) bond motifs is 1. The number of carbonyl (C=O) groups excluding carboxylic acids is 1. The zero-order valence-electron chi connectivity index (χ0n) is 21.7. The summed E-state index contributed by atoms with van der Waals surface area (Å²) in [5.74, 6) is 1.48. The van der Waals surface area contributed by atoms with E-state index in [9.17, 15) is 4.79 Å². The van der Waals surface area contributed by atoms with Crippen LogP contribution in [0.1, 0.15) is 34.6 Å². The number of amides is 1. The first-order valence-corrected chi connectivity index (χ1v) is 13.3. The first kappa shape index (κ1) is 24.8. The molecule has 0 spiro atoms. The highest BCUT2D eigenvalue weighted by molar-refractivity contribution is 6.04. The largest absolute Gasteiger partial charge is 0.492 e. The van der Waals surface area contributed by atoms with E-state index in [1.807, 2.05) is 59.1 Å². The van der Waals surface area contributed by atoms with Gasteiger partial charge in [0.1, 0.15) is 12.4 Å². The molecule has 1 fully saturated rings. The third kappa shape index (κ3) is 5.97. The Hall–Kier alpha value is -4.56. The summed E-state index contributed by atoms with van der Waals surface area (Å²) in [5.41, 5.74) is 5.12. The minimum absolute atomic E-state index is 0.171. The van der Waals surface area contributed by atoms with Gasteiger partial charge in [-0.2, -0.15) is 5.10 Å². The average molecular weight is 519 g/mol. The van der Waals surface area contributed by atoms with Gasteiger partial charge in [-0.15, -0.1) is 0 Å². The molecule has 5 aromatic rings. The molecule has 6 rings (SSSR count). The number of hydrogen-bond donors (Lipinski definition) is 1. The summed E-state index contributed by atoms with van der Waals surface area (Å²) in [6.07, 6.45) is 6.44. The molecule has 1 amide bonds. The molecule has 1 aliphatic heterocycles. The number of anilines is 1. The molecule has 4 heterocycles. The van der Waals surface area contributed by atoms with Crippen molar-refractivity contribution < 1.29 is 9.53 Å². The van der Waals surface area contributed by atoms with E-state index in [0.717, 1.165) is 46.3 Å². The molecule has 8 nitrogen and oxygen atoms in total. The molecular formula is C31H30N6O2. The van der Waals surface area contributed by atoms with Crippen LogP contribution in [0, 0.1) is 0 Å². The lowest BCUT2D eigenvalue weighted by Gasteiger charge is -2.14. The number of likely N-dealkylation sites (tertiary alicyclic amines) is 1. The fourth-order valence-corrected chi connectivity index (χ4v) is 4.86. The van der Waals surface area contributed by atoms with E-state index in [1.165, 1.54) is 25.9 Å². The normalized spacial score (nSPS) is 13.5. The van der Waals surface area contributed by atoms with Crippen LogP contribution in [0.15, 0.2) is 91.3 Å². The van der Waals surface area contributed by atoms with Crippen molar-refractivity contribution in [2.24, 2.45) is 0 Å². The summed E-state index contributed by atoms with van der Waals surface area (Å²) >= 11 is 0. The van der Waals surface area contributed by atoms with Crippen LogP contribution in [0.25, 0.3) is 16.9 Å². The van der Waals surface area contributed by atoms with Crippen molar-refractivity contribution in [1.29, 1.82) is 0 Å². The van der Waals surface area contributed by atoms with Gasteiger partial charge in [-0.05, 0) is 80.0 Å². The Morgan fingerprint density at radius 1 is 0.897 bits per heavy atom. The fourth-order valence-electron chi connectivity index (χ4n) is 4.86. The quantitative estimate of drug-likeness (QED) is 0.292. The Labute approximate surface area is 227 Å². The second kappa shape index (κ2) is 11.4. The molecule has 1 N–H and O–H groups in total. The number of nitrogens with one attached hydrogen (secondary N) is 1. The summed E-state index contributed by atoms with van der Waals surface area (Å²) in [6, 6.07) is 25.3. The number of ether oxygens (including phenoxy) is 1. The van der Waals surface area contributed by atoms with E-state index in [4.69, 9.17) is 14.8 Å². The van der Waals surface area contributed by atoms with Gasteiger partial charge < -0.3 is 10.1 Å². The molecule has 0 radical (unpaired) electrons. The van der Waals surface area contributed by atoms with Crippen LogP contribution in [-0.4, -0.2) is 56.6 Å². The van der Waals surface area contributed by atoms with E-state index < -0.39 is 0 Å². The molecular weight excluding hydrogens is 488 g/mol. The standard InChI is InChI=1S/C31H30N6O2/c38-31(25-14-16-32-17-15-25)33-26-10-8-24(9-11-26)28-4-3-5-30-34-29(35-37(28)30)22-23-6-12-27(13-7-23)39-21-20-36-18-1-2-19-36/h3-17H,1-2,18-22H2,(H,33,38). The molecule has 1 saturated heterocycles. The van der Waals surface area contributed by atoms with E-state index >= 15 is 0 Å². The molecule has 0 bridgehead atoms. The number of rotatable bonds is 9. The fraction of sp³-hybridized carbons (Fsp3) is 0.226. The third-order valence-electron chi connectivity index (χ3n) is 6.95. The second-order valence-electron chi connectivity index (χ2n) is 9.69. The Bertz CT molecular complexity index is 1540. The lowest BCUT2D eigenvalue weighted by Crippen LogP contribution is -2.25. The predicted molar refractivity (Wildman–Crippen MR) is 151 cm³/mol. The summed E-state index contributed by atoms with van der Waals surface area (Å²) in [4.78, 5) is 23.6. The Balaban J connectivity index is 1.11. The Morgan fingerprint density at radius 2 is 1.67 bits per heavy atom. The molecule has 196 valence electrons. The first-order chi connectivity index (χ1) is 19.2. The van der Waals surface area contributed by atoms with Crippen LogP contribution in [0.2, 0.25) is 0 Å². The van der Waals surface area contributed by atoms with E-state index in [1.54, 1.807) is 24.5 Å². The predicted octanol–water partition coefficient (Wildman–Crippen LogP) is 5.11. The van der Waals surface area contributed by atoms with Crippen LogP contribution in [0.5, 0.6) is 5.75 Å². The summed E-state index contributed by atoms with van der Waals surface area (Å²) in [7, 11) is 0. The van der Waals surface area contributed by atoms with Crippen molar-refractivity contribution in [3.63, 3.8) is 0 Å². The van der Waals surface area contributed by atoms with Crippen molar-refractivity contribution in [2.75, 3.05) is 31.6 Å². The van der Waals surface area contributed by atoms with Crippen molar-refractivity contribution in [3.05, 3.63) is 108 Å². The number of pyridine rings is 2. The highest BCUT2D eigenvalue weighted by atomic mass is 16.5. The van der Waals surface area contributed by atoms with Gasteiger partial charge in [-0.1, -0.05) is 30.3 Å². The van der Waals surface area contributed by atoms with Gasteiger partial charge in [-0.25, -0.2) is 9.50 Å². The van der Waals surface area contributed by atoms with Crippen LogP contribution in [0.3, 0.4) is 0 Å². The first-order valence-electron chi connectivity index (χ1n) is 13.3. The maximum absolute atomic E-state index is 12.4. The van der Waals surface area contributed by atoms with Crippen molar-refractivity contribution >= 4 is 17.2 Å². The number of hydrogen-bond acceptors (Lipinski definition) is 6. The number of carbonyl (C=O) groups is 1. The molecule has 39 heavy (non-hydrogen) atoms.